The Balaban J connectivity index is 3.77. The van der Waals surface area contributed by atoms with Crippen LogP contribution in [0.3, 0.4) is 0 Å². The monoisotopic (exact) mass is 152 g/mol. The average Bonchev–Trinajstić information content (AvgIpc) is 1.63. The Morgan fingerprint density at radius 1 is 1.78 bits per heavy atom. The molecule has 0 aromatic carbocycles. The van der Waals surface area contributed by atoms with E-state index in [1.807, 2.05) is 0 Å². The molecule has 0 saturated heterocycles. The third-order valence-corrected chi connectivity index (χ3v) is 1.13. The van der Waals surface area contributed by atoms with Gasteiger partial charge in [-0.2, -0.15) is 8.42 Å². The van der Waals surface area contributed by atoms with E-state index in [-0.39, 0.29) is 6.54 Å². The summed E-state index contributed by atoms with van der Waals surface area (Å²) in [6, 6.07) is 0. The minimum Gasteiger partial charge on any atom is -0.387 e. The van der Waals surface area contributed by atoms with Gasteiger partial charge in [-0.25, -0.2) is 0 Å². The molecule has 0 rings (SSSR count). The number of hydrazine groups is 1. The van der Waals surface area contributed by atoms with Crippen molar-refractivity contribution < 1.29 is 13.5 Å². The van der Waals surface area contributed by atoms with E-state index in [0.29, 0.717) is 0 Å². The molecular weight excluding hydrogens is 144 g/mol. The average molecular weight is 152 g/mol. The number of nitrogens with one attached hydrogen (secondary N) is 1. The molecule has 1 unspecified atom stereocenters. The maximum Gasteiger partial charge on any atom is 0.212 e. The van der Waals surface area contributed by atoms with Gasteiger partial charge in [0.2, 0.25) is 10.3 Å². The van der Waals surface area contributed by atoms with Gasteiger partial charge in [0.25, 0.3) is 0 Å². The molecule has 4 N–H and O–H groups in total. The molecule has 54 valence electrons. The van der Waals surface area contributed by atoms with Crippen molar-refractivity contribution in [2.75, 3.05) is 6.54 Å². The van der Waals surface area contributed by atoms with Crippen LogP contribution in [0, 0.1) is 0 Å². The smallest absolute Gasteiger partial charge is 0.212 e. The molecule has 0 radical (unpaired) electrons. The van der Waals surface area contributed by atoms with Gasteiger partial charge in [-0.1, -0.05) is 0 Å². The summed E-state index contributed by atoms with van der Waals surface area (Å²) in [6.45, 7) is 0.0357. The lowest BCUT2D eigenvalue weighted by Crippen LogP contribution is -2.32. The van der Waals surface area contributed by atoms with E-state index in [4.69, 9.17) is 10.9 Å². The molecule has 0 fully saturated rings. The molecule has 0 heterocycles. The first-order chi connectivity index (χ1) is 4.16. The summed E-state index contributed by atoms with van der Waals surface area (Å²) < 4.78 is 19.6. The Morgan fingerprint density at radius 3 is 2.67 bits per heavy atom. The van der Waals surface area contributed by atoms with Crippen molar-refractivity contribution in [2.45, 2.75) is 6.10 Å². The molecule has 0 amide bonds. The summed E-state index contributed by atoms with van der Waals surface area (Å²) in [5.74, 6) is 4.77. The van der Waals surface area contributed by atoms with Gasteiger partial charge >= 0.3 is 0 Å². The molecule has 0 saturated carbocycles. The summed E-state index contributed by atoms with van der Waals surface area (Å²) in [4.78, 5) is 0. The molecule has 0 aromatic heterocycles. The van der Waals surface area contributed by atoms with Gasteiger partial charge in [0.05, 0.1) is 5.37 Å². The van der Waals surface area contributed by atoms with Gasteiger partial charge in [0.15, 0.2) is 0 Å². The summed E-state index contributed by atoms with van der Waals surface area (Å²) in [5, 5.41) is 9.38. The number of aliphatic hydroxyl groups excluding tert-OH is 1. The molecule has 0 aromatic rings. The Bertz CT molecular complexity index is 177. The van der Waals surface area contributed by atoms with Gasteiger partial charge in [0, 0.05) is 6.54 Å². The molecule has 0 bridgehead atoms. The first kappa shape index (κ1) is 8.57. The number of rotatable bonds is 3. The lowest BCUT2D eigenvalue weighted by Gasteiger charge is -1.98. The van der Waals surface area contributed by atoms with Gasteiger partial charge in [-0.05, 0) is 0 Å². The molecule has 0 aliphatic carbocycles. The summed E-state index contributed by atoms with van der Waals surface area (Å²) in [7, 11) is -2.32. The van der Waals surface area contributed by atoms with Crippen LogP contribution in [-0.2, 0) is 10.3 Å². The molecular formula is C3H8N2O3S. The van der Waals surface area contributed by atoms with Crippen molar-refractivity contribution >= 4 is 15.7 Å². The normalized spacial score (nSPS) is 12.7. The van der Waals surface area contributed by atoms with Crippen molar-refractivity contribution in [1.29, 1.82) is 0 Å². The van der Waals surface area contributed by atoms with Crippen LogP contribution in [0.1, 0.15) is 0 Å². The quantitative estimate of drug-likeness (QED) is 0.236. The van der Waals surface area contributed by atoms with Crippen molar-refractivity contribution in [3.05, 3.63) is 0 Å². The predicted octanol–water partition coefficient (Wildman–Crippen LogP) is -2.51. The summed E-state index contributed by atoms with van der Waals surface area (Å²) >= 11 is 0. The fraction of sp³-hybridized carbons (Fsp3) is 0.667. The highest BCUT2D eigenvalue weighted by molar-refractivity contribution is 7.71. The van der Waals surface area contributed by atoms with Crippen LogP contribution in [0.4, 0.5) is 0 Å². The van der Waals surface area contributed by atoms with Crippen LogP contribution < -0.4 is 11.3 Å². The van der Waals surface area contributed by atoms with Crippen LogP contribution in [0.5, 0.6) is 0 Å². The van der Waals surface area contributed by atoms with Crippen LogP contribution in [0.25, 0.3) is 0 Å². The maximum absolute atomic E-state index is 9.80. The van der Waals surface area contributed by atoms with E-state index in [9.17, 15) is 8.42 Å². The minimum absolute atomic E-state index is 0.0357. The van der Waals surface area contributed by atoms with Gasteiger partial charge < -0.3 is 5.11 Å². The van der Waals surface area contributed by atoms with Crippen LogP contribution >= 0.6 is 0 Å². The van der Waals surface area contributed by atoms with Crippen molar-refractivity contribution in [1.82, 2.24) is 5.43 Å². The number of hydrogen-bond donors (Lipinski definition) is 3. The number of aliphatic hydroxyl groups is 1. The highest BCUT2D eigenvalue weighted by Gasteiger charge is 1.95. The molecule has 6 heteroatoms. The highest BCUT2D eigenvalue weighted by atomic mass is 32.2. The van der Waals surface area contributed by atoms with Crippen LogP contribution in [0.2, 0.25) is 0 Å². The lowest BCUT2D eigenvalue weighted by atomic mass is 10.4. The van der Waals surface area contributed by atoms with E-state index < -0.39 is 16.4 Å². The molecule has 9 heavy (non-hydrogen) atoms. The standard InChI is InChI=1S/C3H8N2O3S/c4-5-1-3(6)2-9(7)8/h2-3,5-6H,1,4H2. The van der Waals surface area contributed by atoms with E-state index >= 15 is 0 Å². The molecule has 0 spiro atoms. The Labute approximate surface area is 54.0 Å². The first-order valence-electron chi connectivity index (χ1n) is 2.21. The SMILES string of the molecule is NNCC(O)C=S(=O)=O. The Hall–Kier alpha value is -0.430. The Kier molecular flexibility index (Phi) is 4.24. The molecule has 1 atom stereocenters. The zero-order valence-corrected chi connectivity index (χ0v) is 5.43. The number of nitrogens with two attached hydrogens (primary N) is 1. The lowest BCUT2D eigenvalue weighted by molar-refractivity contribution is 0.244. The minimum atomic E-state index is -2.32. The van der Waals surface area contributed by atoms with Gasteiger partial charge in [-0.15, -0.1) is 0 Å². The highest BCUT2D eigenvalue weighted by Crippen LogP contribution is 1.68. The number of hydrogen-bond acceptors (Lipinski definition) is 5. The second-order valence-corrected chi connectivity index (χ2v) is 2.17. The molecule has 0 aliphatic rings. The second kappa shape index (κ2) is 4.45. The zero-order valence-electron chi connectivity index (χ0n) is 4.61. The van der Waals surface area contributed by atoms with Gasteiger partial charge in [-0.3, -0.25) is 11.3 Å². The van der Waals surface area contributed by atoms with E-state index in [1.165, 1.54) is 0 Å². The predicted molar refractivity (Wildman–Crippen MR) is 33.2 cm³/mol. The molecule has 0 aliphatic heterocycles. The second-order valence-electron chi connectivity index (χ2n) is 1.37. The van der Waals surface area contributed by atoms with E-state index in [2.05, 4.69) is 5.43 Å². The molecule has 5 nitrogen and oxygen atoms in total. The maximum atomic E-state index is 9.80. The summed E-state index contributed by atoms with van der Waals surface area (Å²) in [6.07, 6.45) is -1.03. The van der Waals surface area contributed by atoms with Crippen LogP contribution in [0.15, 0.2) is 0 Å². The van der Waals surface area contributed by atoms with Crippen molar-refractivity contribution in [2.24, 2.45) is 5.84 Å². The zero-order chi connectivity index (χ0) is 7.28. The third-order valence-electron chi connectivity index (χ3n) is 0.595. The van der Waals surface area contributed by atoms with Crippen molar-refractivity contribution in [3.63, 3.8) is 0 Å². The van der Waals surface area contributed by atoms with Crippen molar-refractivity contribution in [3.8, 4) is 0 Å². The summed E-state index contributed by atoms with van der Waals surface area (Å²) in [5.41, 5.74) is 2.12. The van der Waals surface area contributed by atoms with E-state index in [1.54, 1.807) is 0 Å². The third kappa shape index (κ3) is 5.44. The van der Waals surface area contributed by atoms with Crippen LogP contribution in [-0.4, -0.2) is 31.5 Å². The topological polar surface area (TPSA) is 92.4 Å². The largest absolute Gasteiger partial charge is 0.387 e. The van der Waals surface area contributed by atoms with Gasteiger partial charge in [0.1, 0.15) is 6.10 Å². The fourth-order valence-corrected chi connectivity index (χ4v) is 0.650. The Morgan fingerprint density at radius 2 is 2.33 bits per heavy atom. The van der Waals surface area contributed by atoms with E-state index in [0.717, 1.165) is 5.37 Å². The first-order valence-corrected chi connectivity index (χ1v) is 3.35. The fourth-order valence-electron chi connectivity index (χ4n) is 0.297.